The van der Waals surface area contributed by atoms with E-state index in [-0.39, 0.29) is 16.7 Å². The zero-order chi connectivity index (χ0) is 17.7. The van der Waals surface area contributed by atoms with E-state index in [2.05, 4.69) is 10.3 Å². The van der Waals surface area contributed by atoms with Gasteiger partial charge in [-0.3, -0.25) is 9.78 Å². The molecule has 0 aliphatic rings. The Bertz CT molecular complexity index is 925. The number of hydrogen-bond donors (Lipinski definition) is 1. The van der Waals surface area contributed by atoms with Gasteiger partial charge in [-0.15, -0.1) is 11.3 Å². The second-order valence-corrected chi connectivity index (χ2v) is 8.63. The fourth-order valence-electron chi connectivity index (χ4n) is 2.42. The largest absolute Gasteiger partial charge is 0.350 e. The van der Waals surface area contributed by atoms with Crippen LogP contribution in [0.4, 0.5) is 0 Å². The number of nitrogens with zero attached hydrogens (tertiary/aromatic N) is 1. The number of pyridine rings is 1. The Balaban J connectivity index is 1.87. The Kier molecular flexibility index (Phi) is 5.25. The molecule has 25 heavy (non-hydrogen) atoms. The average Bonchev–Trinajstić information content (AvgIpc) is 3.19. The van der Waals surface area contributed by atoms with Crippen molar-refractivity contribution in [1.29, 1.82) is 0 Å². The van der Waals surface area contributed by atoms with Gasteiger partial charge in [0.1, 0.15) is 9.46 Å². The molecular weight excluding hydrogens is 356 g/mol. The third-order valence-corrected chi connectivity index (χ3v) is 7.23. The first kappa shape index (κ1) is 17.3. The maximum Gasteiger partial charge on any atom is 0.252 e. The van der Waals surface area contributed by atoms with Crippen molar-refractivity contribution < 1.29 is 13.2 Å². The molecule has 0 bridgehead atoms. The first-order valence-corrected chi connectivity index (χ1v) is 10.0. The van der Waals surface area contributed by atoms with Crippen LogP contribution in [0, 0.1) is 0 Å². The number of nitrogens with one attached hydrogen (secondary N) is 1. The van der Waals surface area contributed by atoms with E-state index in [1.54, 1.807) is 60.1 Å². The average molecular weight is 372 g/mol. The summed E-state index contributed by atoms with van der Waals surface area (Å²) < 4.78 is 26.3. The molecule has 128 valence electrons. The van der Waals surface area contributed by atoms with Crippen LogP contribution in [-0.2, 0) is 9.84 Å². The van der Waals surface area contributed by atoms with Gasteiger partial charge in [0.25, 0.3) is 5.91 Å². The van der Waals surface area contributed by atoms with Gasteiger partial charge in [-0.1, -0.05) is 36.4 Å². The number of rotatable bonds is 6. The van der Waals surface area contributed by atoms with Crippen LogP contribution in [0.5, 0.6) is 0 Å². The van der Waals surface area contributed by atoms with Crippen LogP contribution >= 0.6 is 11.3 Å². The number of hydrogen-bond acceptors (Lipinski definition) is 5. The molecule has 0 spiro atoms. The lowest BCUT2D eigenvalue weighted by Crippen LogP contribution is -2.31. The van der Waals surface area contributed by atoms with Crippen LogP contribution in [0.15, 0.2) is 76.6 Å². The highest BCUT2D eigenvalue weighted by atomic mass is 32.2. The molecule has 2 aromatic heterocycles. The summed E-state index contributed by atoms with van der Waals surface area (Å²) in [5, 5.41) is 3.58. The maximum absolute atomic E-state index is 13.0. The van der Waals surface area contributed by atoms with E-state index in [1.165, 1.54) is 17.5 Å². The molecule has 7 heteroatoms. The molecule has 1 aromatic carbocycles. The van der Waals surface area contributed by atoms with E-state index in [9.17, 15) is 13.2 Å². The lowest BCUT2D eigenvalue weighted by Gasteiger charge is -2.18. The predicted molar refractivity (Wildman–Crippen MR) is 97.3 cm³/mol. The lowest BCUT2D eigenvalue weighted by atomic mass is 10.1. The van der Waals surface area contributed by atoms with Crippen LogP contribution in [0.1, 0.15) is 21.2 Å². The number of sulfone groups is 1. The van der Waals surface area contributed by atoms with E-state index in [1.807, 2.05) is 6.07 Å². The first-order chi connectivity index (χ1) is 12.1. The van der Waals surface area contributed by atoms with Crippen molar-refractivity contribution >= 4 is 27.1 Å². The van der Waals surface area contributed by atoms with Crippen molar-refractivity contribution in [3.05, 3.63) is 83.5 Å². The predicted octanol–water partition coefficient (Wildman–Crippen LogP) is 3.09. The summed E-state index contributed by atoms with van der Waals surface area (Å²) in [6.45, 7) is -0.0159. The highest BCUT2D eigenvalue weighted by Gasteiger charge is 2.30. The quantitative estimate of drug-likeness (QED) is 0.721. The maximum atomic E-state index is 13.0. The summed E-state index contributed by atoms with van der Waals surface area (Å²) >= 11 is 1.17. The highest BCUT2D eigenvalue weighted by Crippen LogP contribution is 2.31. The minimum Gasteiger partial charge on any atom is -0.350 e. The summed E-state index contributed by atoms with van der Waals surface area (Å²) in [4.78, 5) is 16.2. The molecule has 3 rings (SSSR count). The van der Waals surface area contributed by atoms with Gasteiger partial charge < -0.3 is 5.32 Å². The number of amides is 1. The molecule has 0 saturated carbocycles. The topological polar surface area (TPSA) is 76.1 Å². The molecule has 0 radical (unpaired) electrons. The standard InChI is InChI=1S/C18H16N2O3S2/c21-18(15-8-4-10-19-12-15)20-13-16(14-6-2-1-3-7-14)25(22,23)17-9-5-11-24-17/h1-12,16H,13H2,(H,20,21)/t16-/m1/s1. The smallest absolute Gasteiger partial charge is 0.252 e. The van der Waals surface area contributed by atoms with Crippen LogP contribution in [0.25, 0.3) is 0 Å². The second-order valence-electron chi connectivity index (χ2n) is 5.33. The van der Waals surface area contributed by atoms with Gasteiger partial charge in [0.05, 0.1) is 5.56 Å². The number of aromatic nitrogens is 1. The monoisotopic (exact) mass is 372 g/mol. The van der Waals surface area contributed by atoms with Crippen molar-refractivity contribution in [3.8, 4) is 0 Å². The van der Waals surface area contributed by atoms with Crippen molar-refractivity contribution in [3.63, 3.8) is 0 Å². The van der Waals surface area contributed by atoms with E-state index < -0.39 is 15.1 Å². The van der Waals surface area contributed by atoms with Crippen LogP contribution in [0.3, 0.4) is 0 Å². The Morgan fingerprint density at radius 3 is 2.52 bits per heavy atom. The Hall–Kier alpha value is -2.51. The second kappa shape index (κ2) is 7.58. The molecule has 1 atom stereocenters. The van der Waals surface area contributed by atoms with Gasteiger partial charge in [0.2, 0.25) is 0 Å². The summed E-state index contributed by atoms with van der Waals surface area (Å²) in [7, 11) is -3.60. The molecule has 0 unspecified atom stereocenters. The van der Waals surface area contributed by atoms with Gasteiger partial charge in [-0.05, 0) is 29.1 Å². The summed E-state index contributed by atoms with van der Waals surface area (Å²) in [6.07, 6.45) is 3.02. The minimum absolute atomic E-state index is 0.0159. The van der Waals surface area contributed by atoms with Crippen LogP contribution < -0.4 is 5.32 Å². The SMILES string of the molecule is O=C(NC[C@H](c1ccccc1)S(=O)(=O)c1cccs1)c1cccnc1. The van der Waals surface area contributed by atoms with Crippen molar-refractivity contribution in [2.75, 3.05) is 6.54 Å². The van der Waals surface area contributed by atoms with Crippen molar-refractivity contribution in [2.24, 2.45) is 0 Å². The molecule has 0 saturated heterocycles. The third kappa shape index (κ3) is 3.94. The summed E-state index contributed by atoms with van der Waals surface area (Å²) in [5.41, 5.74) is 1.03. The van der Waals surface area contributed by atoms with Gasteiger partial charge in [0, 0.05) is 18.9 Å². The molecule has 2 heterocycles. The number of benzene rings is 1. The van der Waals surface area contributed by atoms with E-state index >= 15 is 0 Å². The number of carbonyl (C=O) groups excluding carboxylic acids is 1. The van der Waals surface area contributed by atoms with Gasteiger partial charge >= 0.3 is 0 Å². The molecule has 5 nitrogen and oxygen atoms in total. The molecule has 3 aromatic rings. The fraction of sp³-hybridized carbons (Fsp3) is 0.111. The first-order valence-electron chi connectivity index (χ1n) is 7.59. The summed E-state index contributed by atoms with van der Waals surface area (Å²) in [6, 6.07) is 15.5. The highest BCUT2D eigenvalue weighted by molar-refractivity contribution is 7.93. The minimum atomic E-state index is -3.60. The zero-order valence-electron chi connectivity index (χ0n) is 13.2. The molecule has 0 fully saturated rings. The van der Waals surface area contributed by atoms with Gasteiger partial charge in [-0.2, -0.15) is 0 Å². The Morgan fingerprint density at radius 2 is 1.88 bits per heavy atom. The van der Waals surface area contributed by atoms with E-state index in [0.717, 1.165) is 0 Å². The van der Waals surface area contributed by atoms with Gasteiger partial charge in [-0.25, -0.2) is 8.42 Å². The fourth-order valence-corrected chi connectivity index (χ4v) is 5.29. The molecular formula is C18H16N2O3S2. The van der Waals surface area contributed by atoms with E-state index in [0.29, 0.717) is 11.1 Å². The van der Waals surface area contributed by atoms with Crippen LogP contribution in [0.2, 0.25) is 0 Å². The summed E-state index contributed by atoms with van der Waals surface area (Å²) in [5.74, 6) is -0.351. The molecule has 0 aliphatic heterocycles. The Morgan fingerprint density at radius 1 is 1.08 bits per heavy atom. The van der Waals surface area contributed by atoms with Gasteiger partial charge in [0.15, 0.2) is 9.84 Å². The number of carbonyl (C=O) groups is 1. The number of thiophene rings is 1. The van der Waals surface area contributed by atoms with E-state index in [4.69, 9.17) is 0 Å². The third-order valence-electron chi connectivity index (χ3n) is 3.69. The molecule has 0 aliphatic carbocycles. The van der Waals surface area contributed by atoms with Crippen molar-refractivity contribution in [1.82, 2.24) is 10.3 Å². The zero-order valence-corrected chi connectivity index (χ0v) is 14.8. The molecule has 1 amide bonds. The Labute approximate surface area is 150 Å². The normalized spacial score (nSPS) is 12.5. The van der Waals surface area contributed by atoms with Crippen LogP contribution in [-0.4, -0.2) is 25.9 Å². The lowest BCUT2D eigenvalue weighted by molar-refractivity contribution is 0.0953. The van der Waals surface area contributed by atoms with Crippen molar-refractivity contribution in [2.45, 2.75) is 9.46 Å². The molecule has 1 N–H and O–H groups in total.